The van der Waals surface area contributed by atoms with Crippen LogP contribution < -0.4 is 20.7 Å². The Bertz CT molecular complexity index is 983. The topological polar surface area (TPSA) is 123 Å². The summed E-state index contributed by atoms with van der Waals surface area (Å²) >= 11 is 11.7. The zero-order chi connectivity index (χ0) is 22.8. The van der Waals surface area contributed by atoms with Crippen LogP contribution in [0.25, 0.3) is 0 Å². The third-order valence-corrected chi connectivity index (χ3v) is 4.28. The van der Waals surface area contributed by atoms with Gasteiger partial charge in [0.1, 0.15) is 12.3 Å². The van der Waals surface area contributed by atoms with E-state index in [4.69, 9.17) is 32.7 Å². The van der Waals surface area contributed by atoms with Crippen LogP contribution in [-0.2, 0) is 19.1 Å². The Balaban J connectivity index is 1.67. The fourth-order valence-corrected chi connectivity index (χ4v) is 2.75. The summed E-state index contributed by atoms with van der Waals surface area (Å²) in [5, 5.41) is 7.69. The Hall–Kier alpha value is -3.30. The maximum absolute atomic E-state index is 12.0. The summed E-state index contributed by atoms with van der Waals surface area (Å²) in [6.45, 7) is -1.39. The van der Waals surface area contributed by atoms with Crippen LogP contribution in [0.2, 0.25) is 10.0 Å². The molecular weight excluding hydrogens is 449 g/mol. The van der Waals surface area contributed by atoms with Gasteiger partial charge < -0.3 is 25.4 Å². The van der Waals surface area contributed by atoms with Crippen LogP contribution in [0.15, 0.2) is 42.5 Å². The van der Waals surface area contributed by atoms with Gasteiger partial charge in [-0.1, -0.05) is 29.3 Å². The number of halogens is 2. The van der Waals surface area contributed by atoms with Gasteiger partial charge in [0.2, 0.25) is 5.91 Å². The minimum atomic E-state index is -0.818. The maximum Gasteiger partial charge on any atom is 0.325 e. The largest absolute Gasteiger partial charge is 0.497 e. The highest BCUT2D eigenvalue weighted by Gasteiger charge is 2.13. The van der Waals surface area contributed by atoms with E-state index in [2.05, 4.69) is 16.0 Å². The quantitative estimate of drug-likeness (QED) is 0.484. The number of nitrogens with one attached hydrogen (secondary N) is 3. The zero-order valence-corrected chi connectivity index (χ0v) is 17.9. The molecule has 2 aromatic rings. The first-order valence-electron chi connectivity index (χ1n) is 8.88. The number of methoxy groups -OCH3 is 1. The van der Waals surface area contributed by atoms with E-state index in [1.807, 2.05) is 0 Å². The lowest BCUT2D eigenvalue weighted by atomic mass is 10.2. The summed E-state index contributed by atoms with van der Waals surface area (Å²) in [5.74, 6) is -2.02. The summed E-state index contributed by atoms with van der Waals surface area (Å²) in [5.41, 5.74) is 0.630. The Kier molecular flexibility index (Phi) is 9.11. The van der Waals surface area contributed by atoms with Crippen molar-refractivity contribution in [1.29, 1.82) is 0 Å². The highest BCUT2D eigenvalue weighted by Crippen LogP contribution is 2.20. The molecule has 0 radical (unpaired) electrons. The van der Waals surface area contributed by atoms with Gasteiger partial charge in [-0.05, 0) is 30.3 Å². The van der Waals surface area contributed by atoms with Crippen LogP contribution in [0.3, 0.4) is 0 Å². The predicted molar refractivity (Wildman–Crippen MR) is 114 cm³/mol. The molecule has 3 N–H and O–H groups in total. The molecule has 0 spiro atoms. The van der Waals surface area contributed by atoms with Crippen LogP contribution >= 0.6 is 23.2 Å². The molecule has 0 bridgehead atoms. The fourth-order valence-electron chi connectivity index (χ4n) is 2.26. The van der Waals surface area contributed by atoms with Crippen LogP contribution in [-0.4, -0.2) is 50.5 Å². The summed E-state index contributed by atoms with van der Waals surface area (Å²) in [6, 6.07) is 11.0. The Morgan fingerprint density at radius 2 is 1.71 bits per heavy atom. The van der Waals surface area contributed by atoms with Gasteiger partial charge in [0, 0.05) is 16.8 Å². The third kappa shape index (κ3) is 8.15. The number of esters is 1. The molecule has 2 rings (SSSR count). The summed E-state index contributed by atoms with van der Waals surface area (Å²) in [4.78, 5) is 47.3. The first-order chi connectivity index (χ1) is 14.8. The van der Waals surface area contributed by atoms with E-state index in [0.717, 1.165) is 0 Å². The number of hydrogen-bond donors (Lipinski definition) is 3. The highest BCUT2D eigenvalue weighted by molar-refractivity contribution is 6.36. The van der Waals surface area contributed by atoms with E-state index in [0.29, 0.717) is 16.5 Å². The molecule has 9 nitrogen and oxygen atoms in total. The monoisotopic (exact) mass is 467 g/mol. The second-order valence-electron chi connectivity index (χ2n) is 6.02. The summed E-state index contributed by atoms with van der Waals surface area (Å²) in [6.07, 6.45) is 0. The van der Waals surface area contributed by atoms with E-state index >= 15 is 0 Å². The standard InChI is InChI=1S/C20H19Cl2N3O6/c1-30-14-4-2-3-13(8-14)25-18(27)11-31-19(28)10-23-17(26)9-24-20(29)15-6-5-12(21)7-16(15)22/h2-8H,9-11H2,1H3,(H,23,26)(H,24,29)(H,25,27). The molecule has 3 amide bonds. The van der Waals surface area contributed by atoms with E-state index in [9.17, 15) is 19.2 Å². The van der Waals surface area contributed by atoms with E-state index < -0.39 is 36.8 Å². The van der Waals surface area contributed by atoms with Crippen LogP contribution in [0.1, 0.15) is 10.4 Å². The van der Waals surface area contributed by atoms with Crippen molar-refractivity contribution in [2.45, 2.75) is 0 Å². The lowest BCUT2D eigenvalue weighted by Gasteiger charge is -2.09. The third-order valence-electron chi connectivity index (χ3n) is 3.73. The molecule has 0 saturated heterocycles. The van der Waals surface area contributed by atoms with Gasteiger partial charge in [-0.3, -0.25) is 19.2 Å². The fraction of sp³-hybridized carbons (Fsp3) is 0.200. The number of carbonyl (C=O) groups is 4. The first kappa shape index (κ1) is 24.0. The van der Waals surface area contributed by atoms with Gasteiger partial charge in [-0.15, -0.1) is 0 Å². The van der Waals surface area contributed by atoms with Gasteiger partial charge in [0.05, 0.1) is 24.2 Å². The van der Waals surface area contributed by atoms with Gasteiger partial charge in [-0.25, -0.2) is 0 Å². The van der Waals surface area contributed by atoms with Crippen molar-refractivity contribution in [2.75, 3.05) is 32.1 Å². The number of benzene rings is 2. The van der Waals surface area contributed by atoms with Gasteiger partial charge in [0.15, 0.2) is 6.61 Å². The second-order valence-corrected chi connectivity index (χ2v) is 6.87. The Morgan fingerprint density at radius 1 is 0.935 bits per heavy atom. The van der Waals surface area contributed by atoms with Crippen molar-refractivity contribution in [3.63, 3.8) is 0 Å². The van der Waals surface area contributed by atoms with Crippen molar-refractivity contribution in [3.05, 3.63) is 58.1 Å². The Labute approximate surface area is 188 Å². The molecule has 0 aliphatic carbocycles. The minimum absolute atomic E-state index is 0.140. The van der Waals surface area contributed by atoms with Crippen molar-refractivity contribution < 1.29 is 28.7 Å². The first-order valence-corrected chi connectivity index (χ1v) is 9.63. The highest BCUT2D eigenvalue weighted by atomic mass is 35.5. The lowest BCUT2D eigenvalue weighted by Crippen LogP contribution is -2.39. The van der Waals surface area contributed by atoms with Crippen LogP contribution in [0.5, 0.6) is 5.75 Å². The minimum Gasteiger partial charge on any atom is -0.497 e. The van der Waals surface area contributed by atoms with Gasteiger partial charge >= 0.3 is 5.97 Å². The Morgan fingerprint density at radius 3 is 2.42 bits per heavy atom. The SMILES string of the molecule is COc1cccc(NC(=O)COC(=O)CNC(=O)CNC(=O)c2ccc(Cl)cc2Cl)c1. The molecule has 31 heavy (non-hydrogen) atoms. The number of anilines is 1. The smallest absolute Gasteiger partial charge is 0.325 e. The molecule has 0 fully saturated rings. The summed E-state index contributed by atoms with van der Waals surface area (Å²) < 4.78 is 9.83. The second kappa shape index (κ2) is 11.8. The molecule has 11 heteroatoms. The molecule has 0 aliphatic heterocycles. The van der Waals surface area contributed by atoms with E-state index in [1.54, 1.807) is 24.3 Å². The molecule has 0 atom stereocenters. The van der Waals surface area contributed by atoms with Crippen molar-refractivity contribution in [1.82, 2.24) is 10.6 Å². The van der Waals surface area contributed by atoms with Crippen molar-refractivity contribution in [2.24, 2.45) is 0 Å². The summed E-state index contributed by atoms with van der Waals surface area (Å²) in [7, 11) is 1.50. The predicted octanol–water partition coefficient (Wildman–Crippen LogP) is 2.03. The van der Waals surface area contributed by atoms with Crippen molar-refractivity contribution >= 4 is 52.6 Å². The van der Waals surface area contributed by atoms with Gasteiger partial charge in [-0.2, -0.15) is 0 Å². The van der Waals surface area contributed by atoms with Gasteiger partial charge in [0.25, 0.3) is 11.8 Å². The lowest BCUT2D eigenvalue weighted by molar-refractivity contribution is -0.147. The molecule has 0 unspecified atom stereocenters. The number of hydrogen-bond acceptors (Lipinski definition) is 6. The molecule has 0 aromatic heterocycles. The molecule has 0 heterocycles. The van der Waals surface area contributed by atoms with E-state index in [1.165, 1.54) is 25.3 Å². The van der Waals surface area contributed by atoms with Crippen LogP contribution in [0.4, 0.5) is 5.69 Å². The number of ether oxygens (including phenoxy) is 2. The molecule has 0 saturated carbocycles. The molecule has 2 aromatic carbocycles. The average molecular weight is 468 g/mol. The number of rotatable bonds is 9. The van der Waals surface area contributed by atoms with Crippen molar-refractivity contribution in [3.8, 4) is 5.75 Å². The normalized spacial score (nSPS) is 10.0. The van der Waals surface area contributed by atoms with Crippen LogP contribution in [0, 0.1) is 0 Å². The zero-order valence-electron chi connectivity index (χ0n) is 16.4. The number of amides is 3. The molecule has 0 aliphatic rings. The average Bonchev–Trinajstić information content (AvgIpc) is 2.74. The maximum atomic E-state index is 12.0. The number of carbonyl (C=O) groups excluding carboxylic acids is 4. The molecule has 164 valence electrons. The van der Waals surface area contributed by atoms with E-state index in [-0.39, 0.29) is 17.1 Å². The molecular formula is C20H19Cl2N3O6.